The minimum absolute atomic E-state index is 0.155. The van der Waals surface area contributed by atoms with Crippen LogP contribution < -0.4 is 5.32 Å². The summed E-state index contributed by atoms with van der Waals surface area (Å²) in [6.07, 6.45) is 0.657. The van der Waals surface area contributed by atoms with Gasteiger partial charge in [0, 0.05) is 19.7 Å². The highest BCUT2D eigenvalue weighted by atomic mass is 16.5. The molecule has 0 unspecified atom stereocenters. The maximum absolute atomic E-state index is 11.6. The van der Waals surface area contributed by atoms with Crippen LogP contribution >= 0.6 is 0 Å². The number of esters is 1. The average Bonchev–Trinajstić information content (AvgIpc) is 2.50. The van der Waals surface area contributed by atoms with Crippen molar-refractivity contribution in [1.82, 2.24) is 10.2 Å². The van der Waals surface area contributed by atoms with Gasteiger partial charge in [-0.2, -0.15) is 0 Å². The third-order valence-corrected chi connectivity index (χ3v) is 2.55. The van der Waals surface area contributed by atoms with Gasteiger partial charge in [0.1, 0.15) is 6.29 Å². The van der Waals surface area contributed by atoms with E-state index >= 15 is 0 Å². The summed E-state index contributed by atoms with van der Waals surface area (Å²) in [7, 11) is 3.13. The fraction of sp³-hybridized carbons (Fsp3) is 0.286. The van der Waals surface area contributed by atoms with Gasteiger partial charge in [0.2, 0.25) is 5.91 Å². The van der Waals surface area contributed by atoms with Crippen LogP contribution in [-0.4, -0.2) is 56.2 Å². The molecule has 1 aromatic rings. The summed E-state index contributed by atoms with van der Waals surface area (Å²) >= 11 is 0. The van der Waals surface area contributed by atoms with E-state index in [9.17, 15) is 19.2 Å². The maximum Gasteiger partial charge on any atom is 0.338 e. The molecule has 1 aromatic carbocycles. The lowest BCUT2D eigenvalue weighted by molar-refractivity contribution is -0.131. The van der Waals surface area contributed by atoms with E-state index in [2.05, 4.69) is 5.32 Å². The number of nitrogens with one attached hydrogen (secondary N) is 1. The third kappa shape index (κ3) is 5.43. The van der Waals surface area contributed by atoms with Crippen molar-refractivity contribution in [3.05, 3.63) is 35.4 Å². The van der Waals surface area contributed by atoms with Crippen molar-refractivity contribution < 1.29 is 23.9 Å². The monoisotopic (exact) mass is 292 g/mol. The first-order chi connectivity index (χ1) is 9.93. The van der Waals surface area contributed by atoms with Crippen LogP contribution in [-0.2, 0) is 14.3 Å². The van der Waals surface area contributed by atoms with Gasteiger partial charge in [-0.25, -0.2) is 4.79 Å². The number of nitrogens with zero attached hydrogens (tertiary/aromatic N) is 1. The fourth-order valence-electron chi connectivity index (χ4n) is 1.30. The number of rotatable bonds is 6. The van der Waals surface area contributed by atoms with Gasteiger partial charge in [0.15, 0.2) is 6.61 Å². The molecule has 1 rings (SSSR count). The SMILES string of the molecule is CN(C)C(=O)CNC(=O)COC(=O)c1ccc(C=O)cc1. The molecule has 0 bridgehead atoms. The second-order valence-corrected chi connectivity index (χ2v) is 4.38. The van der Waals surface area contributed by atoms with Gasteiger partial charge < -0.3 is 15.0 Å². The summed E-state index contributed by atoms with van der Waals surface area (Å²) in [6, 6.07) is 5.80. The molecule has 0 spiro atoms. The van der Waals surface area contributed by atoms with Crippen LogP contribution in [0.5, 0.6) is 0 Å². The highest BCUT2D eigenvalue weighted by Crippen LogP contribution is 2.04. The first kappa shape index (κ1) is 16.4. The molecule has 0 saturated carbocycles. The molecule has 7 nitrogen and oxygen atoms in total. The van der Waals surface area contributed by atoms with Gasteiger partial charge in [-0.05, 0) is 12.1 Å². The second kappa shape index (κ2) is 7.78. The third-order valence-electron chi connectivity index (χ3n) is 2.55. The zero-order valence-electron chi connectivity index (χ0n) is 11.8. The molecule has 0 heterocycles. The molecule has 0 aliphatic rings. The van der Waals surface area contributed by atoms with Crippen LogP contribution in [0.15, 0.2) is 24.3 Å². The summed E-state index contributed by atoms with van der Waals surface area (Å²) in [5.74, 6) is -1.51. The zero-order valence-corrected chi connectivity index (χ0v) is 11.8. The molecule has 0 aliphatic carbocycles. The number of hydrogen-bond acceptors (Lipinski definition) is 5. The number of carbonyl (C=O) groups excluding carboxylic acids is 4. The number of likely N-dealkylation sites (N-methyl/N-ethyl adjacent to an activating group) is 1. The van der Waals surface area contributed by atoms with Crippen molar-refractivity contribution in [2.75, 3.05) is 27.2 Å². The van der Waals surface area contributed by atoms with Crippen LogP contribution in [0, 0.1) is 0 Å². The van der Waals surface area contributed by atoms with E-state index in [0.29, 0.717) is 11.8 Å². The van der Waals surface area contributed by atoms with Gasteiger partial charge in [0.05, 0.1) is 12.1 Å². The minimum Gasteiger partial charge on any atom is -0.452 e. The average molecular weight is 292 g/mol. The van der Waals surface area contributed by atoms with Gasteiger partial charge >= 0.3 is 5.97 Å². The number of aldehydes is 1. The molecule has 2 amide bonds. The molecule has 7 heteroatoms. The molecule has 0 aromatic heterocycles. The van der Waals surface area contributed by atoms with E-state index in [0.717, 1.165) is 0 Å². The quantitative estimate of drug-likeness (QED) is 0.582. The van der Waals surface area contributed by atoms with Gasteiger partial charge in [-0.3, -0.25) is 14.4 Å². The predicted molar refractivity (Wildman–Crippen MR) is 73.8 cm³/mol. The Kier molecular flexibility index (Phi) is 6.06. The van der Waals surface area contributed by atoms with Gasteiger partial charge in [-0.15, -0.1) is 0 Å². The smallest absolute Gasteiger partial charge is 0.338 e. The van der Waals surface area contributed by atoms with Gasteiger partial charge in [-0.1, -0.05) is 12.1 Å². The minimum atomic E-state index is -0.679. The Hall–Kier alpha value is -2.70. The van der Waals surface area contributed by atoms with Crippen molar-refractivity contribution in [3.8, 4) is 0 Å². The van der Waals surface area contributed by atoms with Crippen molar-refractivity contribution in [2.45, 2.75) is 0 Å². The molecule has 0 fully saturated rings. The van der Waals surface area contributed by atoms with Crippen LogP contribution in [0.4, 0.5) is 0 Å². The van der Waals surface area contributed by atoms with Crippen molar-refractivity contribution in [2.24, 2.45) is 0 Å². The molecule has 1 N–H and O–H groups in total. The molecule has 0 radical (unpaired) electrons. The van der Waals surface area contributed by atoms with E-state index in [1.165, 1.54) is 29.2 Å². The van der Waals surface area contributed by atoms with Crippen LogP contribution in [0.25, 0.3) is 0 Å². The largest absolute Gasteiger partial charge is 0.452 e. The summed E-state index contributed by atoms with van der Waals surface area (Å²) in [5.41, 5.74) is 0.671. The molecule has 0 atom stereocenters. The predicted octanol–water partition coefficient (Wildman–Crippen LogP) is -0.140. The Morgan fingerprint density at radius 2 is 1.81 bits per heavy atom. The molecule has 0 aliphatic heterocycles. The van der Waals surface area contributed by atoms with E-state index < -0.39 is 18.5 Å². The highest BCUT2D eigenvalue weighted by Gasteiger charge is 2.11. The zero-order chi connectivity index (χ0) is 15.8. The second-order valence-electron chi connectivity index (χ2n) is 4.38. The lowest BCUT2D eigenvalue weighted by Gasteiger charge is -2.11. The number of ether oxygens (including phenoxy) is 1. The van der Waals surface area contributed by atoms with Crippen LogP contribution in [0.3, 0.4) is 0 Å². The molecule has 21 heavy (non-hydrogen) atoms. The summed E-state index contributed by atoms with van der Waals surface area (Å²) in [4.78, 5) is 46.1. The fourth-order valence-corrected chi connectivity index (χ4v) is 1.30. The first-order valence-electron chi connectivity index (χ1n) is 6.13. The maximum atomic E-state index is 11.6. The van der Waals surface area contributed by atoms with Crippen molar-refractivity contribution >= 4 is 24.1 Å². The van der Waals surface area contributed by atoms with Crippen LogP contribution in [0.1, 0.15) is 20.7 Å². The van der Waals surface area contributed by atoms with Crippen molar-refractivity contribution in [3.63, 3.8) is 0 Å². The van der Waals surface area contributed by atoms with E-state index in [-0.39, 0.29) is 18.0 Å². The van der Waals surface area contributed by atoms with E-state index in [4.69, 9.17) is 4.74 Å². The Balaban J connectivity index is 2.39. The molecular weight excluding hydrogens is 276 g/mol. The summed E-state index contributed by atoms with van der Waals surface area (Å²) < 4.78 is 4.79. The molecule has 112 valence electrons. The normalized spacial score (nSPS) is 9.62. The van der Waals surface area contributed by atoms with E-state index in [1.54, 1.807) is 14.1 Å². The van der Waals surface area contributed by atoms with Gasteiger partial charge in [0.25, 0.3) is 5.91 Å². The highest BCUT2D eigenvalue weighted by molar-refractivity contribution is 5.92. The summed E-state index contributed by atoms with van der Waals surface area (Å²) in [5, 5.41) is 2.34. The van der Waals surface area contributed by atoms with Crippen molar-refractivity contribution in [1.29, 1.82) is 0 Å². The molecule has 0 saturated heterocycles. The van der Waals surface area contributed by atoms with E-state index in [1.807, 2.05) is 0 Å². The summed E-state index contributed by atoms with van der Waals surface area (Å²) in [6.45, 7) is -0.633. The lowest BCUT2D eigenvalue weighted by atomic mass is 10.1. The molecular formula is C14H16N2O5. The Morgan fingerprint density at radius 1 is 1.19 bits per heavy atom. The lowest BCUT2D eigenvalue weighted by Crippen LogP contribution is -2.38. The number of carbonyl (C=O) groups is 4. The Labute approximate surface area is 121 Å². The standard InChI is InChI=1S/C14H16N2O5/c1-16(2)13(19)7-15-12(18)9-21-14(20)11-5-3-10(8-17)4-6-11/h3-6,8H,7,9H2,1-2H3,(H,15,18). The Bertz CT molecular complexity index is 537. The number of amides is 2. The number of hydrogen-bond donors (Lipinski definition) is 1. The number of benzene rings is 1. The van der Waals surface area contributed by atoms with Crippen LogP contribution in [0.2, 0.25) is 0 Å². The first-order valence-corrected chi connectivity index (χ1v) is 6.13. The topological polar surface area (TPSA) is 92.8 Å². The Morgan fingerprint density at radius 3 is 2.33 bits per heavy atom.